The van der Waals surface area contributed by atoms with Gasteiger partial charge < -0.3 is 9.32 Å². The monoisotopic (exact) mass is 252 g/mol. The summed E-state index contributed by atoms with van der Waals surface area (Å²) in [6, 6.07) is 1.75. The minimum absolute atomic E-state index is 0.319. The lowest BCUT2D eigenvalue weighted by Crippen LogP contribution is -2.29. The molecule has 1 saturated heterocycles. The van der Waals surface area contributed by atoms with Gasteiger partial charge in [-0.2, -0.15) is 0 Å². The van der Waals surface area contributed by atoms with Crippen LogP contribution < -0.4 is 11.3 Å². The maximum atomic E-state index is 11.3. The molecule has 18 heavy (non-hydrogen) atoms. The molecule has 6 nitrogen and oxygen atoms in total. The van der Waals surface area contributed by atoms with Gasteiger partial charge in [0.15, 0.2) is 0 Å². The van der Waals surface area contributed by atoms with Crippen molar-refractivity contribution in [2.45, 2.75) is 13.0 Å². The molecule has 2 heterocycles. The third-order valence-corrected chi connectivity index (χ3v) is 3.24. The molecular weight excluding hydrogens is 232 g/mol. The lowest BCUT2D eigenvalue weighted by Gasteiger charge is -2.18. The van der Waals surface area contributed by atoms with E-state index < -0.39 is 0 Å². The number of nitrogens with one attached hydrogen (secondary N) is 1. The van der Waals surface area contributed by atoms with Gasteiger partial charge in [-0.1, -0.05) is 0 Å². The first kappa shape index (κ1) is 13.1. The summed E-state index contributed by atoms with van der Waals surface area (Å²) in [4.78, 5) is 16.0. The molecule has 2 rings (SSSR count). The molecule has 0 unspecified atom stereocenters. The fourth-order valence-corrected chi connectivity index (χ4v) is 2.14. The van der Waals surface area contributed by atoms with E-state index in [9.17, 15) is 4.79 Å². The highest BCUT2D eigenvalue weighted by Crippen LogP contribution is 2.12. The van der Waals surface area contributed by atoms with Crippen molar-refractivity contribution < 1.29 is 9.21 Å². The zero-order chi connectivity index (χ0) is 13.0. The van der Waals surface area contributed by atoms with E-state index in [1.54, 1.807) is 6.07 Å². The van der Waals surface area contributed by atoms with Crippen LogP contribution in [0, 0.1) is 0 Å². The first-order valence-electron chi connectivity index (χ1n) is 6.18. The lowest BCUT2D eigenvalue weighted by molar-refractivity contribution is 0.0953. The smallest absolute Gasteiger partial charge is 0.268 e. The van der Waals surface area contributed by atoms with Gasteiger partial charge >= 0.3 is 0 Å². The number of hydrazine groups is 1. The zero-order valence-corrected chi connectivity index (χ0v) is 10.7. The van der Waals surface area contributed by atoms with E-state index in [1.807, 2.05) is 0 Å². The molecular formula is C12H20N4O2. The van der Waals surface area contributed by atoms with Crippen LogP contribution in [0.15, 0.2) is 16.7 Å². The quantitative estimate of drug-likeness (QED) is 0.451. The maximum absolute atomic E-state index is 11.3. The van der Waals surface area contributed by atoms with Crippen LogP contribution in [0.4, 0.5) is 0 Å². The van der Waals surface area contributed by atoms with Gasteiger partial charge in [-0.05, 0) is 32.6 Å². The molecule has 6 heteroatoms. The normalized spacial score (nSPS) is 18.6. The number of nitrogens with two attached hydrogens (primary N) is 1. The van der Waals surface area contributed by atoms with E-state index in [0.717, 1.165) is 44.9 Å². The SMILES string of the molecule is CN1CCCN(Cc2cc(C(=O)NN)co2)CC1. The van der Waals surface area contributed by atoms with Gasteiger partial charge in [-0.3, -0.25) is 15.1 Å². The third-order valence-electron chi connectivity index (χ3n) is 3.24. The maximum Gasteiger partial charge on any atom is 0.268 e. The second-order valence-electron chi connectivity index (χ2n) is 4.71. The van der Waals surface area contributed by atoms with Crippen LogP contribution in [0.2, 0.25) is 0 Å². The number of carbonyl (C=O) groups excluding carboxylic acids is 1. The Morgan fingerprint density at radius 3 is 3.06 bits per heavy atom. The summed E-state index contributed by atoms with van der Waals surface area (Å²) in [6.07, 6.45) is 2.61. The predicted molar refractivity (Wildman–Crippen MR) is 67.8 cm³/mol. The molecule has 1 aromatic rings. The number of carbonyl (C=O) groups is 1. The Hall–Kier alpha value is -1.37. The van der Waals surface area contributed by atoms with Crippen LogP contribution in [-0.2, 0) is 6.54 Å². The summed E-state index contributed by atoms with van der Waals surface area (Å²) < 4.78 is 5.39. The topological polar surface area (TPSA) is 74.7 Å². The zero-order valence-electron chi connectivity index (χ0n) is 10.7. The molecule has 0 spiro atoms. The molecule has 0 radical (unpaired) electrons. The van der Waals surface area contributed by atoms with E-state index in [2.05, 4.69) is 22.3 Å². The highest BCUT2D eigenvalue weighted by Gasteiger charge is 2.15. The molecule has 0 atom stereocenters. The molecule has 1 aromatic heterocycles. The molecule has 0 aliphatic carbocycles. The minimum atomic E-state index is -0.319. The molecule has 0 bridgehead atoms. The Balaban J connectivity index is 1.92. The number of hydrogen-bond acceptors (Lipinski definition) is 5. The van der Waals surface area contributed by atoms with E-state index >= 15 is 0 Å². The molecule has 1 amide bonds. The van der Waals surface area contributed by atoms with Crippen molar-refractivity contribution in [3.8, 4) is 0 Å². The van der Waals surface area contributed by atoms with Gasteiger partial charge in [-0.15, -0.1) is 0 Å². The van der Waals surface area contributed by atoms with Gasteiger partial charge in [0.25, 0.3) is 5.91 Å². The number of rotatable bonds is 3. The second kappa shape index (κ2) is 5.99. The van der Waals surface area contributed by atoms with Gasteiger partial charge in [0.05, 0.1) is 12.1 Å². The van der Waals surface area contributed by atoms with Crippen molar-refractivity contribution in [1.82, 2.24) is 15.2 Å². The van der Waals surface area contributed by atoms with Crippen molar-refractivity contribution in [2.24, 2.45) is 5.84 Å². The Kier molecular flexibility index (Phi) is 4.35. The number of nitrogen functional groups attached to an aromatic ring is 1. The highest BCUT2D eigenvalue weighted by atomic mass is 16.3. The summed E-state index contributed by atoms with van der Waals surface area (Å²) in [6.45, 7) is 5.02. The number of likely N-dealkylation sites (N-methyl/N-ethyl adjacent to an activating group) is 1. The van der Waals surface area contributed by atoms with Crippen LogP contribution in [0.25, 0.3) is 0 Å². The largest absolute Gasteiger partial charge is 0.467 e. The standard InChI is InChI=1S/C12H20N4O2/c1-15-3-2-4-16(6-5-15)8-11-7-10(9-18-11)12(17)14-13/h7,9H,2-6,8,13H2,1H3,(H,14,17). The summed E-state index contributed by atoms with van der Waals surface area (Å²) in [5.41, 5.74) is 2.57. The number of hydrogen-bond donors (Lipinski definition) is 2. The van der Waals surface area contributed by atoms with Crippen LogP contribution in [0.3, 0.4) is 0 Å². The first-order valence-corrected chi connectivity index (χ1v) is 6.18. The summed E-state index contributed by atoms with van der Waals surface area (Å²) >= 11 is 0. The van der Waals surface area contributed by atoms with E-state index in [1.165, 1.54) is 6.26 Å². The van der Waals surface area contributed by atoms with Gasteiger partial charge in [-0.25, -0.2) is 5.84 Å². The number of nitrogens with zero attached hydrogens (tertiary/aromatic N) is 2. The fraction of sp³-hybridized carbons (Fsp3) is 0.583. The van der Waals surface area contributed by atoms with Gasteiger partial charge in [0, 0.05) is 13.1 Å². The average molecular weight is 252 g/mol. The van der Waals surface area contributed by atoms with E-state index in [4.69, 9.17) is 10.3 Å². The van der Waals surface area contributed by atoms with Crippen molar-refractivity contribution in [2.75, 3.05) is 33.2 Å². The lowest BCUT2D eigenvalue weighted by atomic mass is 10.3. The summed E-state index contributed by atoms with van der Waals surface area (Å²) in [5, 5.41) is 0. The first-order chi connectivity index (χ1) is 8.69. The van der Waals surface area contributed by atoms with Crippen LogP contribution in [0.1, 0.15) is 22.5 Å². The molecule has 1 aliphatic heterocycles. The number of amides is 1. The summed E-state index contributed by atoms with van der Waals surface area (Å²) in [7, 11) is 2.14. The molecule has 3 N–H and O–H groups in total. The molecule has 1 aliphatic rings. The van der Waals surface area contributed by atoms with Crippen LogP contribution >= 0.6 is 0 Å². The Bertz CT molecular complexity index is 405. The fourth-order valence-electron chi connectivity index (χ4n) is 2.14. The minimum Gasteiger partial charge on any atom is -0.467 e. The third kappa shape index (κ3) is 3.32. The Morgan fingerprint density at radius 1 is 1.44 bits per heavy atom. The van der Waals surface area contributed by atoms with Crippen LogP contribution in [-0.4, -0.2) is 48.9 Å². The second-order valence-corrected chi connectivity index (χ2v) is 4.71. The number of furan rings is 1. The van der Waals surface area contributed by atoms with Crippen LogP contribution in [0.5, 0.6) is 0 Å². The molecule has 0 saturated carbocycles. The molecule has 100 valence electrons. The van der Waals surface area contributed by atoms with E-state index in [0.29, 0.717) is 5.56 Å². The van der Waals surface area contributed by atoms with Crippen molar-refractivity contribution in [3.05, 3.63) is 23.7 Å². The van der Waals surface area contributed by atoms with E-state index in [-0.39, 0.29) is 5.91 Å². The Labute approximate surface area is 107 Å². The van der Waals surface area contributed by atoms with Gasteiger partial charge in [0.1, 0.15) is 12.0 Å². The van der Waals surface area contributed by atoms with Crippen molar-refractivity contribution in [1.29, 1.82) is 0 Å². The van der Waals surface area contributed by atoms with Gasteiger partial charge in [0.2, 0.25) is 0 Å². The highest BCUT2D eigenvalue weighted by molar-refractivity contribution is 5.93. The van der Waals surface area contributed by atoms with Crippen molar-refractivity contribution >= 4 is 5.91 Å². The predicted octanol–water partition coefficient (Wildman–Crippen LogP) is 0.0206. The molecule has 1 fully saturated rings. The Morgan fingerprint density at radius 2 is 2.28 bits per heavy atom. The summed E-state index contributed by atoms with van der Waals surface area (Å²) in [5.74, 6) is 5.56. The average Bonchev–Trinajstić information content (AvgIpc) is 2.73. The van der Waals surface area contributed by atoms with Crippen molar-refractivity contribution in [3.63, 3.8) is 0 Å². The molecule has 0 aromatic carbocycles.